The van der Waals surface area contributed by atoms with Crippen LogP contribution in [0.2, 0.25) is 0 Å². The highest BCUT2D eigenvalue weighted by molar-refractivity contribution is 5.56. The van der Waals surface area contributed by atoms with Crippen LogP contribution in [-0.4, -0.2) is 24.4 Å². The van der Waals surface area contributed by atoms with E-state index in [-0.39, 0.29) is 0 Å². The van der Waals surface area contributed by atoms with E-state index in [0.29, 0.717) is 12.0 Å². The highest BCUT2D eigenvalue weighted by Gasteiger charge is 2.22. The van der Waals surface area contributed by atoms with Gasteiger partial charge in [-0.15, -0.1) is 0 Å². The lowest BCUT2D eigenvalue weighted by atomic mass is 9.90. The molecule has 1 atom stereocenters. The first-order chi connectivity index (χ1) is 10.9. The van der Waals surface area contributed by atoms with Gasteiger partial charge in [0.1, 0.15) is 0 Å². The smallest absolute Gasteiger partial charge is 0.167 e. The molecule has 2 aromatic rings. The predicted octanol–water partition coefficient (Wildman–Crippen LogP) is 3.64. The number of benzene rings is 1. The summed E-state index contributed by atoms with van der Waals surface area (Å²) in [6, 6.07) is 12.6. The zero-order valence-corrected chi connectivity index (χ0v) is 13.1. The Labute approximate surface area is 131 Å². The van der Waals surface area contributed by atoms with Crippen LogP contribution in [-0.2, 0) is 11.3 Å². The van der Waals surface area contributed by atoms with Crippen molar-refractivity contribution in [3.63, 3.8) is 0 Å². The number of nitrogens with zero attached hydrogens (tertiary/aromatic N) is 1. The number of hydrogen-bond acceptors (Lipinski definition) is 4. The molecule has 1 aromatic heterocycles. The van der Waals surface area contributed by atoms with Gasteiger partial charge < -0.3 is 14.6 Å². The molecule has 0 saturated carbocycles. The van der Waals surface area contributed by atoms with Gasteiger partial charge in [-0.2, -0.15) is 0 Å². The molecule has 4 nitrogen and oxygen atoms in total. The topological polar surface area (TPSA) is 47.3 Å². The second kappa shape index (κ2) is 7.56. The predicted molar refractivity (Wildman–Crippen MR) is 86.4 cm³/mol. The molecule has 0 bridgehead atoms. The van der Waals surface area contributed by atoms with Crippen LogP contribution in [0.5, 0.6) is 0 Å². The van der Waals surface area contributed by atoms with E-state index in [4.69, 9.17) is 9.26 Å². The lowest BCUT2D eigenvalue weighted by Crippen LogP contribution is -2.38. The van der Waals surface area contributed by atoms with Crippen molar-refractivity contribution in [2.24, 2.45) is 5.92 Å². The first kappa shape index (κ1) is 15.3. The summed E-state index contributed by atoms with van der Waals surface area (Å²) in [5.74, 6) is 1.54. The average Bonchev–Trinajstić information content (AvgIpc) is 3.06. The Kier molecular flexibility index (Phi) is 5.24. The fraction of sp³-hybridized carbons (Fsp3) is 0.500. The molecule has 1 fully saturated rings. The molecule has 4 heteroatoms. The van der Waals surface area contributed by atoms with E-state index >= 15 is 0 Å². The van der Waals surface area contributed by atoms with Crippen molar-refractivity contribution in [1.29, 1.82) is 0 Å². The summed E-state index contributed by atoms with van der Waals surface area (Å²) < 4.78 is 10.9. The Bertz CT molecular complexity index is 561. The molecule has 2 heterocycles. The normalized spacial score (nSPS) is 17.5. The maximum Gasteiger partial charge on any atom is 0.167 e. The Morgan fingerprint density at radius 2 is 2.00 bits per heavy atom. The number of ether oxygens (including phenoxy) is 1. The van der Waals surface area contributed by atoms with E-state index in [1.165, 1.54) is 0 Å². The zero-order chi connectivity index (χ0) is 15.2. The summed E-state index contributed by atoms with van der Waals surface area (Å²) in [5.41, 5.74) is 2.03. The third-order valence-electron chi connectivity index (χ3n) is 4.44. The molecular formula is C18H24N2O2. The van der Waals surface area contributed by atoms with Gasteiger partial charge in [0.25, 0.3) is 0 Å². The third-order valence-corrected chi connectivity index (χ3v) is 4.44. The van der Waals surface area contributed by atoms with Crippen molar-refractivity contribution in [2.75, 3.05) is 13.2 Å². The first-order valence-corrected chi connectivity index (χ1v) is 8.19. The summed E-state index contributed by atoms with van der Waals surface area (Å²) in [7, 11) is 0. The van der Waals surface area contributed by atoms with Crippen LogP contribution in [0.4, 0.5) is 0 Å². The van der Waals surface area contributed by atoms with Crippen molar-refractivity contribution in [2.45, 2.75) is 38.8 Å². The molecule has 1 aromatic carbocycles. The van der Waals surface area contributed by atoms with Crippen LogP contribution >= 0.6 is 0 Å². The largest absolute Gasteiger partial charge is 0.381 e. The van der Waals surface area contributed by atoms with Crippen LogP contribution in [0, 0.1) is 5.92 Å². The number of hydrogen-bond donors (Lipinski definition) is 1. The van der Waals surface area contributed by atoms with Gasteiger partial charge in [0.2, 0.25) is 0 Å². The van der Waals surface area contributed by atoms with Crippen molar-refractivity contribution in [3.05, 3.63) is 42.1 Å². The molecule has 22 heavy (non-hydrogen) atoms. The van der Waals surface area contributed by atoms with Crippen molar-refractivity contribution >= 4 is 0 Å². The summed E-state index contributed by atoms with van der Waals surface area (Å²) >= 11 is 0. The molecular weight excluding hydrogens is 276 g/mol. The molecule has 3 rings (SSSR count). The zero-order valence-electron chi connectivity index (χ0n) is 13.1. The summed E-state index contributed by atoms with van der Waals surface area (Å²) in [4.78, 5) is 0. The number of rotatable bonds is 6. The molecule has 118 valence electrons. The van der Waals surface area contributed by atoms with Crippen LogP contribution in [0.1, 0.15) is 31.9 Å². The van der Waals surface area contributed by atoms with Gasteiger partial charge in [-0.25, -0.2) is 0 Å². The van der Waals surface area contributed by atoms with Gasteiger partial charge in [0.05, 0.1) is 5.69 Å². The van der Waals surface area contributed by atoms with E-state index in [1.807, 2.05) is 36.4 Å². The van der Waals surface area contributed by atoms with Gasteiger partial charge in [-0.05, 0) is 25.2 Å². The minimum atomic E-state index is 0.528. The lowest BCUT2D eigenvalue weighted by Gasteiger charge is -2.30. The maximum atomic E-state index is 5.45. The van der Waals surface area contributed by atoms with E-state index in [1.54, 1.807) is 0 Å². The molecule has 1 aliphatic rings. The lowest BCUT2D eigenvalue weighted by molar-refractivity contribution is 0.0529. The van der Waals surface area contributed by atoms with Crippen LogP contribution in [0.3, 0.4) is 0 Å². The Hall–Kier alpha value is -1.65. The van der Waals surface area contributed by atoms with Gasteiger partial charge >= 0.3 is 0 Å². The van der Waals surface area contributed by atoms with Crippen molar-refractivity contribution in [1.82, 2.24) is 10.5 Å². The first-order valence-electron chi connectivity index (χ1n) is 8.19. The standard InChI is InChI=1S/C18H24N2O2/c1-2-17(14-8-10-21-11-9-14)19-13-16-12-18(22-20-16)15-6-4-3-5-7-15/h3-7,12,14,17,19H,2,8-11,13H2,1H3/t17-/m0/s1. The number of aromatic nitrogens is 1. The Balaban J connectivity index is 1.58. The molecule has 0 aliphatic carbocycles. The second-order valence-electron chi connectivity index (χ2n) is 5.89. The van der Waals surface area contributed by atoms with Gasteiger partial charge in [-0.3, -0.25) is 0 Å². The molecule has 1 aliphatic heterocycles. The van der Waals surface area contributed by atoms with E-state index in [0.717, 1.165) is 56.0 Å². The maximum absolute atomic E-state index is 5.45. The van der Waals surface area contributed by atoms with Crippen LogP contribution in [0.25, 0.3) is 11.3 Å². The fourth-order valence-electron chi connectivity index (χ4n) is 3.13. The highest BCUT2D eigenvalue weighted by Crippen LogP contribution is 2.22. The molecule has 0 unspecified atom stereocenters. The fourth-order valence-corrected chi connectivity index (χ4v) is 3.13. The van der Waals surface area contributed by atoms with Crippen LogP contribution < -0.4 is 5.32 Å². The Morgan fingerprint density at radius 1 is 1.23 bits per heavy atom. The van der Waals surface area contributed by atoms with Crippen molar-refractivity contribution in [3.8, 4) is 11.3 Å². The quantitative estimate of drug-likeness (QED) is 0.885. The summed E-state index contributed by atoms with van der Waals surface area (Å²) in [6.07, 6.45) is 3.44. The second-order valence-corrected chi connectivity index (χ2v) is 5.89. The Morgan fingerprint density at radius 3 is 2.73 bits per heavy atom. The van der Waals surface area contributed by atoms with Crippen molar-refractivity contribution < 1.29 is 9.26 Å². The molecule has 0 radical (unpaired) electrons. The average molecular weight is 300 g/mol. The monoisotopic (exact) mass is 300 g/mol. The van der Waals surface area contributed by atoms with Gasteiger partial charge in [-0.1, -0.05) is 42.4 Å². The molecule has 1 N–H and O–H groups in total. The summed E-state index contributed by atoms with van der Waals surface area (Å²) in [6.45, 7) is 4.79. The summed E-state index contributed by atoms with van der Waals surface area (Å²) in [5, 5.41) is 7.82. The third kappa shape index (κ3) is 3.76. The van der Waals surface area contributed by atoms with Gasteiger partial charge in [0, 0.05) is 37.4 Å². The van der Waals surface area contributed by atoms with Gasteiger partial charge in [0.15, 0.2) is 5.76 Å². The SMILES string of the molecule is CC[C@H](NCc1cc(-c2ccccc2)on1)C1CCOCC1. The molecule has 0 amide bonds. The molecule has 1 saturated heterocycles. The van der Waals surface area contributed by atoms with Crippen LogP contribution in [0.15, 0.2) is 40.9 Å². The minimum absolute atomic E-state index is 0.528. The van der Waals surface area contributed by atoms with E-state index in [2.05, 4.69) is 17.4 Å². The minimum Gasteiger partial charge on any atom is -0.381 e. The number of nitrogens with one attached hydrogen (secondary N) is 1. The molecule has 0 spiro atoms. The van der Waals surface area contributed by atoms with E-state index in [9.17, 15) is 0 Å². The van der Waals surface area contributed by atoms with E-state index < -0.39 is 0 Å². The highest BCUT2D eigenvalue weighted by atomic mass is 16.5.